The molecule has 0 radical (unpaired) electrons. The van der Waals surface area contributed by atoms with Gasteiger partial charge in [-0.05, 0) is 12.8 Å². The van der Waals surface area contributed by atoms with Gasteiger partial charge in [0.15, 0.2) is 0 Å². The lowest BCUT2D eigenvalue weighted by Gasteiger charge is -1.93. The maximum absolute atomic E-state index is 9.79. The Morgan fingerprint density at radius 1 is 1.60 bits per heavy atom. The number of hydrogen-bond acceptors (Lipinski definition) is 2. The van der Waals surface area contributed by atoms with Crippen LogP contribution in [0.3, 0.4) is 0 Å². The van der Waals surface area contributed by atoms with Crippen LogP contribution >= 0.6 is 0 Å². The molecule has 0 aromatic heterocycles. The number of carbonyl (C=O) groups is 1. The fourth-order valence-electron chi connectivity index (χ4n) is 0.499. The molecule has 0 atom stereocenters. The van der Waals surface area contributed by atoms with Crippen LogP contribution in [0.1, 0.15) is 19.8 Å². The summed E-state index contributed by atoms with van der Waals surface area (Å²) in [6, 6.07) is 0. The van der Waals surface area contributed by atoms with Crippen LogP contribution in [0.15, 0.2) is 12.2 Å². The molecule has 0 aromatic rings. The van der Waals surface area contributed by atoms with Crippen molar-refractivity contribution in [2.75, 3.05) is 6.61 Å². The van der Waals surface area contributed by atoms with E-state index in [-0.39, 0.29) is 6.61 Å². The summed E-state index contributed by atoms with van der Waals surface area (Å²) in [7, 11) is 0. The molecular formula is C7H12O3. The van der Waals surface area contributed by atoms with Crippen LogP contribution in [0, 0.1) is 0 Å². The second-order valence-corrected chi connectivity index (χ2v) is 1.78. The lowest BCUT2D eigenvalue weighted by Crippen LogP contribution is -2.00. The molecule has 58 valence electrons. The Kier molecular flexibility index (Phi) is 5.53. The highest BCUT2D eigenvalue weighted by Crippen LogP contribution is 1.87. The first-order valence-corrected chi connectivity index (χ1v) is 3.28. The van der Waals surface area contributed by atoms with Crippen molar-refractivity contribution in [3.63, 3.8) is 0 Å². The Hall–Kier alpha value is -0.990. The van der Waals surface area contributed by atoms with Gasteiger partial charge in [0.1, 0.15) is 0 Å². The average molecular weight is 144 g/mol. The highest BCUT2D eigenvalue weighted by atomic mass is 16.7. The van der Waals surface area contributed by atoms with Gasteiger partial charge in [0.2, 0.25) is 0 Å². The van der Waals surface area contributed by atoms with Gasteiger partial charge < -0.3 is 9.84 Å². The average Bonchev–Trinajstić information content (AvgIpc) is 1.87. The van der Waals surface area contributed by atoms with Crippen LogP contribution in [0.4, 0.5) is 4.79 Å². The van der Waals surface area contributed by atoms with Crippen LogP contribution in [-0.4, -0.2) is 17.9 Å². The Labute approximate surface area is 60.3 Å². The van der Waals surface area contributed by atoms with Gasteiger partial charge in [0, 0.05) is 0 Å². The molecule has 0 saturated carbocycles. The molecule has 0 bridgehead atoms. The SMILES string of the molecule is CC/C=C\CCOC(=O)O. The monoisotopic (exact) mass is 144 g/mol. The third kappa shape index (κ3) is 7.01. The largest absolute Gasteiger partial charge is 0.505 e. The minimum Gasteiger partial charge on any atom is -0.450 e. The molecule has 3 heteroatoms. The van der Waals surface area contributed by atoms with E-state index in [9.17, 15) is 4.79 Å². The highest BCUT2D eigenvalue weighted by Gasteiger charge is 1.91. The molecular weight excluding hydrogens is 132 g/mol. The van der Waals surface area contributed by atoms with Crippen molar-refractivity contribution in [3.05, 3.63) is 12.2 Å². The van der Waals surface area contributed by atoms with E-state index in [4.69, 9.17) is 5.11 Å². The molecule has 1 N–H and O–H groups in total. The minimum absolute atomic E-state index is 0.256. The molecule has 0 heterocycles. The normalized spacial score (nSPS) is 10.1. The molecule has 10 heavy (non-hydrogen) atoms. The summed E-state index contributed by atoms with van der Waals surface area (Å²) in [5.74, 6) is 0. The molecule has 3 nitrogen and oxygen atoms in total. The number of rotatable bonds is 4. The van der Waals surface area contributed by atoms with E-state index in [0.717, 1.165) is 6.42 Å². The Morgan fingerprint density at radius 2 is 2.30 bits per heavy atom. The summed E-state index contributed by atoms with van der Waals surface area (Å²) in [5, 5.41) is 8.02. The predicted molar refractivity (Wildman–Crippen MR) is 38.0 cm³/mol. The first-order chi connectivity index (χ1) is 4.77. The topological polar surface area (TPSA) is 46.5 Å². The lowest BCUT2D eigenvalue weighted by atomic mass is 10.3. The quantitative estimate of drug-likeness (QED) is 0.373. The van der Waals surface area contributed by atoms with Crippen molar-refractivity contribution >= 4 is 6.16 Å². The predicted octanol–water partition coefficient (Wildman–Crippen LogP) is 2.04. The van der Waals surface area contributed by atoms with Crippen molar-refractivity contribution in [2.45, 2.75) is 19.8 Å². The van der Waals surface area contributed by atoms with Gasteiger partial charge in [-0.3, -0.25) is 0 Å². The number of allylic oxidation sites excluding steroid dienone is 1. The van der Waals surface area contributed by atoms with Crippen LogP contribution in [-0.2, 0) is 4.74 Å². The van der Waals surface area contributed by atoms with Gasteiger partial charge in [0.05, 0.1) is 6.61 Å². The summed E-state index contributed by atoms with van der Waals surface area (Å²) in [6.07, 6.45) is 4.33. The molecule has 0 aromatic carbocycles. The lowest BCUT2D eigenvalue weighted by molar-refractivity contribution is 0.0933. The van der Waals surface area contributed by atoms with E-state index in [0.29, 0.717) is 6.42 Å². The fraction of sp³-hybridized carbons (Fsp3) is 0.571. The maximum atomic E-state index is 9.79. The summed E-state index contributed by atoms with van der Waals surface area (Å²) in [4.78, 5) is 9.79. The minimum atomic E-state index is -1.20. The molecule has 0 aliphatic carbocycles. The molecule has 0 fully saturated rings. The second kappa shape index (κ2) is 6.13. The second-order valence-electron chi connectivity index (χ2n) is 1.78. The van der Waals surface area contributed by atoms with Gasteiger partial charge in [-0.25, -0.2) is 4.79 Å². The molecule has 0 aliphatic heterocycles. The zero-order valence-corrected chi connectivity index (χ0v) is 6.04. The zero-order chi connectivity index (χ0) is 7.82. The summed E-state index contributed by atoms with van der Waals surface area (Å²) >= 11 is 0. The number of carboxylic acid groups (broad SMARTS) is 1. The van der Waals surface area contributed by atoms with E-state index in [1.165, 1.54) is 0 Å². The van der Waals surface area contributed by atoms with Crippen LogP contribution in [0.2, 0.25) is 0 Å². The van der Waals surface area contributed by atoms with E-state index in [1.54, 1.807) is 0 Å². The molecule has 0 saturated heterocycles. The van der Waals surface area contributed by atoms with E-state index in [2.05, 4.69) is 4.74 Å². The van der Waals surface area contributed by atoms with Crippen LogP contribution < -0.4 is 0 Å². The van der Waals surface area contributed by atoms with Crippen LogP contribution in [0.5, 0.6) is 0 Å². The van der Waals surface area contributed by atoms with Crippen molar-refractivity contribution in [2.24, 2.45) is 0 Å². The zero-order valence-electron chi connectivity index (χ0n) is 6.04. The van der Waals surface area contributed by atoms with E-state index < -0.39 is 6.16 Å². The number of ether oxygens (including phenoxy) is 1. The smallest absolute Gasteiger partial charge is 0.450 e. The Balaban J connectivity index is 3.05. The van der Waals surface area contributed by atoms with Gasteiger partial charge in [-0.15, -0.1) is 0 Å². The first kappa shape index (κ1) is 9.01. The third-order valence-corrected chi connectivity index (χ3v) is 0.912. The molecule has 0 unspecified atom stereocenters. The molecule has 0 rings (SSSR count). The Morgan fingerprint density at radius 3 is 2.80 bits per heavy atom. The summed E-state index contributed by atoms with van der Waals surface area (Å²) < 4.78 is 4.25. The molecule has 0 amide bonds. The summed E-state index contributed by atoms with van der Waals surface area (Å²) in [6.45, 7) is 2.28. The van der Waals surface area contributed by atoms with Crippen LogP contribution in [0.25, 0.3) is 0 Å². The first-order valence-electron chi connectivity index (χ1n) is 3.28. The Bertz CT molecular complexity index is 118. The van der Waals surface area contributed by atoms with Crippen molar-refractivity contribution in [1.29, 1.82) is 0 Å². The van der Waals surface area contributed by atoms with Crippen molar-refractivity contribution in [1.82, 2.24) is 0 Å². The fourth-order valence-corrected chi connectivity index (χ4v) is 0.499. The highest BCUT2D eigenvalue weighted by molar-refractivity contribution is 5.56. The van der Waals surface area contributed by atoms with Crippen molar-refractivity contribution < 1.29 is 14.6 Å². The van der Waals surface area contributed by atoms with E-state index >= 15 is 0 Å². The standard InChI is InChI=1S/C7H12O3/c1-2-3-4-5-6-10-7(8)9/h3-4H,2,5-6H2,1H3,(H,8,9)/b4-3-. The van der Waals surface area contributed by atoms with Gasteiger partial charge in [0.25, 0.3) is 0 Å². The third-order valence-electron chi connectivity index (χ3n) is 0.912. The van der Waals surface area contributed by atoms with Gasteiger partial charge >= 0.3 is 6.16 Å². The molecule has 0 aliphatic rings. The van der Waals surface area contributed by atoms with Crippen molar-refractivity contribution in [3.8, 4) is 0 Å². The van der Waals surface area contributed by atoms with Gasteiger partial charge in [-0.1, -0.05) is 19.1 Å². The molecule has 0 spiro atoms. The number of hydrogen-bond donors (Lipinski definition) is 1. The summed E-state index contributed by atoms with van der Waals surface area (Å²) in [5.41, 5.74) is 0. The maximum Gasteiger partial charge on any atom is 0.505 e. The van der Waals surface area contributed by atoms with E-state index in [1.807, 2.05) is 19.1 Å². The van der Waals surface area contributed by atoms with Gasteiger partial charge in [-0.2, -0.15) is 0 Å².